The van der Waals surface area contributed by atoms with Gasteiger partial charge in [0.1, 0.15) is 11.5 Å². The molecule has 0 spiro atoms. The first-order chi connectivity index (χ1) is 13.4. The van der Waals surface area contributed by atoms with E-state index in [0.29, 0.717) is 30.2 Å². The molecule has 0 unspecified atom stereocenters. The van der Waals surface area contributed by atoms with Crippen molar-refractivity contribution in [3.05, 3.63) is 41.2 Å². The van der Waals surface area contributed by atoms with Gasteiger partial charge in [0, 0.05) is 30.3 Å². The number of methoxy groups -OCH3 is 1. The summed E-state index contributed by atoms with van der Waals surface area (Å²) in [5.41, 5.74) is -0.346. The zero-order valence-electron chi connectivity index (χ0n) is 15.2. The Balaban J connectivity index is 1.53. The van der Waals surface area contributed by atoms with Crippen molar-refractivity contribution in [2.45, 2.75) is 25.7 Å². The zero-order valence-corrected chi connectivity index (χ0v) is 15.2. The van der Waals surface area contributed by atoms with Crippen LogP contribution in [0.4, 0.5) is 13.2 Å². The molecule has 152 valence electrons. The maximum absolute atomic E-state index is 13.1. The number of hydrogen-bond donors (Lipinski definition) is 1. The van der Waals surface area contributed by atoms with Crippen molar-refractivity contribution < 1.29 is 32.2 Å². The highest BCUT2D eigenvalue weighted by Crippen LogP contribution is 2.34. The number of rotatable bonds is 7. The summed E-state index contributed by atoms with van der Waals surface area (Å²) in [6, 6.07) is 6.81. The molecule has 0 radical (unpaired) electrons. The van der Waals surface area contributed by atoms with Crippen molar-refractivity contribution in [1.29, 1.82) is 0 Å². The van der Waals surface area contributed by atoms with Gasteiger partial charge in [0.05, 0.1) is 26.9 Å². The Hall–Kier alpha value is -2.75. The Morgan fingerprint density at radius 2 is 2.14 bits per heavy atom. The van der Waals surface area contributed by atoms with Crippen LogP contribution in [-0.2, 0) is 35.3 Å². The number of nitrogens with one attached hydrogen (secondary N) is 1. The van der Waals surface area contributed by atoms with Gasteiger partial charge in [-0.3, -0.25) is 9.48 Å². The van der Waals surface area contributed by atoms with E-state index in [2.05, 4.69) is 10.4 Å². The van der Waals surface area contributed by atoms with Crippen molar-refractivity contribution in [2.24, 2.45) is 0 Å². The van der Waals surface area contributed by atoms with Crippen molar-refractivity contribution in [1.82, 2.24) is 15.1 Å². The van der Waals surface area contributed by atoms with Crippen LogP contribution in [0.5, 0.6) is 11.5 Å². The monoisotopic (exact) mass is 399 g/mol. The van der Waals surface area contributed by atoms with Crippen molar-refractivity contribution in [3.63, 3.8) is 0 Å². The van der Waals surface area contributed by atoms with E-state index in [0.717, 1.165) is 0 Å². The normalized spacial score (nSPS) is 13.7. The molecule has 0 bridgehead atoms. The average Bonchev–Trinajstić information content (AvgIpc) is 3.06. The van der Waals surface area contributed by atoms with Crippen LogP contribution in [0.25, 0.3) is 0 Å². The van der Waals surface area contributed by atoms with E-state index in [1.165, 1.54) is 11.8 Å². The number of hydrogen-bond acceptors (Lipinski definition) is 5. The molecule has 1 aromatic heterocycles. The number of halogens is 3. The van der Waals surface area contributed by atoms with Crippen molar-refractivity contribution in [2.75, 3.05) is 26.9 Å². The number of benzene rings is 1. The first-order valence-electron chi connectivity index (χ1n) is 8.65. The molecule has 0 atom stereocenters. The lowest BCUT2D eigenvalue weighted by atomic mass is 10.1. The molecular formula is C18H20F3N3O4. The number of nitrogens with zero attached hydrogens (tertiary/aromatic N) is 2. The molecule has 0 fully saturated rings. The largest absolute Gasteiger partial charge is 0.497 e. The minimum absolute atomic E-state index is 0.0754. The van der Waals surface area contributed by atoms with E-state index in [1.807, 2.05) is 0 Å². The Morgan fingerprint density at radius 3 is 2.89 bits per heavy atom. The summed E-state index contributed by atoms with van der Waals surface area (Å²) in [7, 11) is 1.52. The standard InChI is InChI=1S/C18H20F3N3O4/c1-26-12-3-2-4-13(9-12)28-11-16(25)22-6-7-24-15-5-8-27-10-14(15)17(23-24)18(19,20)21/h2-4,9H,5-8,10-11H2,1H3,(H,22,25). The molecule has 0 saturated heterocycles. The summed E-state index contributed by atoms with van der Waals surface area (Å²) in [5.74, 6) is 0.694. The predicted octanol–water partition coefficient (Wildman–Crippen LogP) is 2.18. The lowest BCUT2D eigenvalue weighted by Gasteiger charge is -2.15. The maximum atomic E-state index is 13.1. The summed E-state index contributed by atoms with van der Waals surface area (Å²) < 4.78 is 56.3. The van der Waals surface area contributed by atoms with E-state index >= 15 is 0 Å². The second kappa shape index (κ2) is 8.51. The minimum Gasteiger partial charge on any atom is -0.497 e. The van der Waals surface area contributed by atoms with Gasteiger partial charge in [-0.25, -0.2) is 0 Å². The number of carbonyl (C=O) groups excluding carboxylic acids is 1. The Labute approximate surface area is 159 Å². The molecule has 2 aromatic rings. The third-order valence-corrected chi connectivity index (χ3v) is 4.22. The molecule has 7 nitrogen and oxygen atoms in total. The van der Waals surface area contributed by atoms with Gasteiger partial charge in [-0.15, -0.1) is 0 Å². The number of ether oxygens (including phenoxy) is 3. The molecule has 10 heteroatoms. The van der Waals surface area contributed by atoms with E-state index in [-0.39, 0.29) is 37.8 Å². The quantitative estimate of drug-likeness (QED) is 0.773. The van der Waals surface area contributed by atoms with Crippen LogP contribution >= 0.6 is 0 Å². The molecule has 1 aromatic carbocycles. The number of aromatic nitrogens is 2. The smallest absolute Gasteiger partial charge is 0.435 e. The maximum Gasteiger partial charge on any atom is 0.435 e. The van der Waals surface area contributed by atoms with Crippen LogP contribution in [0.15, 0.2) is 24.3 Å². The van der Waals surface area contributed by atoms with E-state index < -0.39 is 11.9 Å². The lowest BCUT2D eigenvalue weighted by Crippen LogP contribution is -2.32. The highest BCUT2D eigenvalue weighted by Gasteiger charge is 2.39. The van der Waals surface area contributed by atoms with E-state index in [4.69, 9.17) is 14.2 Å². The van der Waals surface area contributed by atoms with Gasteiger partial charge in [0.2, 0.25) is 0 Å². The Bertz CT molecular complexity index is 836. The molecule has 1 N–H and O–H groups in total. The molecular weight excluding hydrogens is 379 g/mol. The fourth-order valence-corrected chi connectivity index (χ4v) is 2.91. The SMILES string of the molecule is COc1cccc(OCC(=O)NCCn2nc(C(F)(F)F)c3c2CCOC3)c1. The molecule has 28 heavy (non-hydrogen) atoms. The van der Waals surface area contributed by atoms with Gasteiger partial charge in [-0.2, -0.15) is 18.3 Å². The van der Waals surface area contributed by atoms with Gasteiger partial charge in [0.25, 0.3) is 5.91 Å². The number of carbonyl (C=O) groups is 1. The lowest BCUT2D eigenvalue weighted by molar-refractivity contribution is -0.142. The van der Waals surface area contributed by atoms with Crippen LogP contribution in [0, 0.1) is 0 Å². The zero-order chi connectivity index (χ0) is 20.1. The average molecular weight is 399 g/mol. The van der Waals surface area contributed by atoms with Crippen molar-refractivity contribution >= 4 is 5.91 Å². The summed E-state index contributed by atoms with van der Waals surface area (Å²) >= 11 is 0. The highest BCUT2D eigenvalue weighted by atomic mass is 19.4. The number of amides is 1. The second-order valence-electron chi connectivity index (χ2n) is 6.11. The van der Waals surface area contributed by atoms with Gasteiger partial charge in [-0.05, 0) is 12.1 Å². The Kier molecular flexibility index (Phi) is 6.08. The molecule has 0 saturated carbocycles. The van der Waals surface area contributed by atoms with Gasteiger partial charge in [-0.1, -0.05) is 6.07 Å². The van der Waals surface area contributed by atoms with Gasteiger partial charge >= 0.3 is 6.18 Å². The molecule has 3 rings (SSSR count). The fourth-order valence-electron chi connectivity index (χ4n) is 2.91. The van der Waals surface area contributed by atoms with Crippen LogP contribution in [0.1, 0.15) is 17.0 Å². The van der Waals surface area contributed by atoms with Crippen LogP contribution in [0.3, 0.4) is 0 Å². The van der Waals surface area contributed by atoms with Crippen LogP contribution < -0.4 is 14.8 Å². The van der Waals surface area contributed by atoms with Crippen LogP contribution in [-0.4, -0.2) is 42.6 Å². The summed E-state index contributed by atoms with van der Waals surface area (Å²) in [5, 5.41) is 6.30. The Morgan fingerprint density at radius 1 is 1.36 bits per heavy atom. The molecule has 1 aliphatic heterocycles. The van der Waals surface area contributed by atoms with E-state index in [9.17, 15) is 18.0 Å². The molecule has 2 heterocycles. The minimum atomic E-state index is -4.54. The predicted molar refractivity (Wildman–Crippen MR) is 92.1 cm³/mol. The third kappa shape index (κ3) is 4.75. The molecule has 0 aliphatic carbocycles. The first kappa shape index (κ1) is 20.0. The summed E-state index contributed by atoms with van der Waals surface area (Å²) in [6.45, 7) is 0.281. The first-order valence-corrected chi connectivity index (χ1v) is 8.65. The fraction of sp³-hybridized carbons (Fsp3) is 0.444. The van der Waals surface area contributed by atoms with E-state index in [1.54, 1.807) is 24.3 Å². The summed E-state index contributed by atoms with van der Waals surface area (Å²) in [4.78, 5) is 11.9. The van der Waals surface area contributed by atoms with Crippen LogP contribution in [0.2, 0.25) is 0 Å². The summed E-state index contributed by atoms with van der Waals surface area (Å²) in [6.07, 6.45) is -4.19. The van der Waals surface area contributed by atoms with Crippen molar-refractivity contribution in [3.8, 4) is 11.5 Å². The second-order valence-corrected chi connectivity index (χ2v) is 6.11. The number of alkyl halides is 3. The molecule has 1 aliphatic rings. The number of fused-ring (bicyclic) bond motifs is 1. The highest BCUT2D eigenvalue weighted by molar-refractivity contribution is 5.77. The third-order valence-electron chi connectivity index (χ3n) is 4.22. The topological polar surface area (TPSA) is 74.6 Å². The molecule has 1 amide bonds. The van der Waals surface area contributed by atoms with Gasteiger partial charge in [0.15, 0.2) is 12.3 Å². The van der Waals surface area contributed by atoms with Gasteiger partial charge < -0.3 is 19.5 Å².